The first-order chi connectivity index (χ1) is 28.0. The van der Waals surface area contributed by atoms with E-state index in [9.17, 15) is 14.4 Å². The number of carbonyl (C=O) groups is 3. The van der Waals surface area contributed by atoms with E-state index in [1.807, 2.05) is 0 Å². The standard InChI is InChI=1S/C51H86O6/c1-4-7-10-13-16-17-18-19-20-21-22-23-24-25-26-27-28-29-30-31-32-33-34-35-36-39-41-44-50(53)56-47-48(57-51(54)45-42-38-15-12-9-6-3)46-55-49(52)43-40-37-14-11-8-5-2/h7,10,16-17,19-20,22-23,25-26,28-29,48H,4-6,8-9,11-15,18,21,24,27,30-47H2,1-3H3/b10-7-,17-16-,20-19-,23-22-,26-25-,29-28-. The molecule has 0 bridgehead atoms. The Labute approximate surface area is 351 Å². The summed E-state index contributed by atoms with van der Waals surface area (Å²) in [4.78, 5) is 37.3. The molecular weight excluding hydrogens is 709 g/mol. The second-order valence-corrected chi connectivity index (χ2v) is 15.3. The highest BCUT2D eigenvalue weighted by atomic mass is 16.6. The highest BCUT2D eigenvalue weighted by Gasteiger charge is 2.19. The van der Waals surface area contributed by atoms with Gasteiger partial charge in [-0.3, -0.25) is 14.4 Å². The molecule has 0 rings (SSSR count). The maximum absolute atomic E-state index is 12.5. The molecule has 0 aromatic rings. The zero-order valence-corrected chi connectivity index (χ0v) is 37.1. The molecule has 0 aliphatic rings. The van der Waals surface area contributed by atoms with Crippen molar-refractivity contribution in [3.8, 4) is 0 Å². The van der Waals surface area contributed by atoms with Crippen LogP contribution in [0.1, 0.15) is 213 Å². The van der Waals surface area contributed by atoms with Crippen LogP contribution in [0.2, 0.25) is 0 Å². The molecule has 0 saturated heterocycles. The normalized spacial score (nSPS) is 12.7. The molecule has 1 unspecified atom stereocenters. The fourth-order valence-corrected chi connectivity index (χ4v) is 6.21. The fraction of sp³-hybridized carbons (Fsp3) is 0.706. The summed E-state index contributed by atoms with van der Waals surface area (Å²) in [5, 5.41) is 0. The van der Waals surface area contributed by atoms with E-state index in [1.165, 1.54) is 70.6 Å². The third-order valence-corrected chi connectivity index (χ3v) is 9.73. The lowest BCUT2D eigenvalue weighted by Gasteiger charge is -2.18. The Morgan fingerprint density at radius 3 is 1.07 bits per heavy atom. The van der Waals surface area contributed by atoms with Gasteiger partial charge in [0.15, 0.2) is 6.10 Å². The molecule has 6 nitrogen and oxygen atoms in total. The van der Waals surface area contributed by atoms with Crippen molar-refractivity contribution < 1.29 is 28.6 Å². The summed E-state index contributed by atoms with van der Waals surface area (Å²) in [5.41, 5.74) is 0. The molecule has 0 aromatic heterocycles. The minimum absolute atomic E-state index is 0.0778. The predicted molar refractivity (Wildman–Crippen MR) is 242 cm³/mol. The number of carbonyl (C=O) groups excluding carboxylic acids is 3. The van der Waals surface area contributed by atoms with Gasteiger partial charge in [-0.15, -0.1) is 0 Å². The molecule has 0 spiro atoms. The predicted octanol–water partition coefficient (Wildman–Crippen LogP) is 15.1. The molecule has 0 fully saturated rings. The molecular formula is C51H86O6. The molecule has 0 amide bonds. The van der Waals surface area contributed by atoms with E-state index in [4.69, 9.17) is 14.2 Å². The second kappa shape index (κ2) is 45.6. The first-order valence-corrected chi connectivity index (χ1v) is 23.4. The van der Waals surface area contributed by atoms with Gasteiger partial charge in [-0.1, -0.05) is 196 Å². The highest BCUT2D eigenvalue weighted by Crippen LogP contribution is 2.13. The molecule has 0 heterocycles. The average Bonchev–Trinajstić information content (AvgIpc) is 3.21. The lowest BCUT2D eigenvalue weighted by atomic mass is 10.1. The third-order valence-electron chi connectivity index (χ3n) is 9.73. The molecule has 0 saturated carbocycles. The minimum Gasteiger partial charge on any atom is -0.462 e. The molecule has 0 aromatic carbocycles. The van der Waals surface area contributed by atoms with E-state index in [1.54, 1.807) is 0 Å². The quantitative estimate of drug-likeness (QED) is 0.0265. The number of unbranched alkanes of at least 4 members (excludes halogenated alkanes) is 18. The van der Waals surface area contributed by atoms with Gasteiger partial charge in [0.2, 0.25) is 0 Å². The summed E-state index contributed by atoms with van der Waals surface area (Å²) in [6, 6.07) is 0. The number of esters is 3. The zero-order valence-electron chi connectivity index (χ0n) is 37.1. The van der Waals surface area contributed by atoms with Crippen LogP contribution in [-0.2, 0) is 28.6 Å². The van der Waals surface area contributed by atoms with Crippen molar-refractivity contribution in [2.24, 2.45) is 0 Å². The van der Waals surface area contributed by atoms with Gasteiger partial charge < -0.3 is 14.2 Å². The molecule has 0 radical (unpaired) electrons. The van der Waals surface area contributed by atoms with E-state index in [0.29, 0.717) is 19.3 Å². The van der Waals surface area contributed by atoms with E-state index in [-0.39, 0.29) is 31.1 Å². The van der Waals surface area contributed by atoms with Gasteiger partial charge in [0.05, 0.1) is 0 Å². The van der Waals surface area contributed by atoms with Gasteiger partial charge in [0, 0.05) is 19.3 Å². The van der Waals surface area contributed by atoms with Gasteiger partial charge >= 0.3 is 17.9 Å². The highest BCUT2D eigenvalue weighted by molar-refractivity contribution is 5.71. The maximum atomic E-state index is 12.5. The van der Waals surface area contributed by atoms with Crippen molar-refractivity contribution in [1.29, 1.82) is 0 Å². The molecule has 326 valence electrons. The smallest absolute Gasteiger partial charge is 0.306 e. The van der Waals surface area contributed by atoms with Crippen LogP contribution < -0.4 is 0 Å². The Bertz CT molecular complexity index is 1100. The van der Waals surface area contributed by atoms with Crippen molar-refractivity contribution >= 4 is 17.9 Å². The first-order valence-electron chi connectivity index (χ1n) is 23.4. The van der Waals surface area contributed by atoms with E-state index >= 15 is 0 Å². The minimum atomic E-state index is -0.769. The molecule has 0 aliphatic heterocycles. The van der Waals surface area contributed by atoms with E-state index < -0.39 is 6.10 Å². The lowest BCUT2D eigenvalue weighted by Crippen LogP contribution is -2.30. The van der Waals surface area contributed by atoms with Crippen LogP contribution in [0.4, 0.5) is 0 Å². The van der Waals surface area contributed by atoms with E-state index in [2.05, 4.69) is 93.7 Å². The van der Waals surface area contributed by atoms with Crippen LogP contribution in [0.15, 0.2) is 72.9 Å². The van der Waals surface area contributed by atoms with E-state index in [0.717, 1.165) is 103 Å². The Kier molecular flexibility index (Phi) is 43.0. The average molecular weight is 795 g/mol. The number of rotatable bonds is 41. The molecule has 0 N–H and O–H groups in total. The third kappa shape index (κ3) is 43.8. The SMILES string of the molecule is CC/C=C\C/C=C\C/C=C\C/C=C\C/C=C\C/C=C\CCCCCCCCCCC(=O)OCC(COC(=O)CCCCCCCC)OC(=O)CCCCCCCC. The first kappa shape index (κ1) is 53.9. The van der Waals surface area contributed by atoms with Crippen molar-refractivity contribution in [3.63, 3.8) is 0 Å². The van der Waals surface area contributed by atoms with Crippen LogP contribution in [0.3, 0.4) is 0 Å². The van der Waals surface area contributed by atoms with Gasteiger partial charge in [0.1, 0.15) is 13.2 Å². The summed E-state index contributed by atoms with van der Waals surface area (Å²) >= 11 is 0. The molecule has 6 heteroatoms. The Hall–Kier alpha value is -3.15. The fourth-order valence-electron chi connectivity index (χ4n) is 6.21. The maximum Gasteiger partial charge on any atom is 0.306 e. The monoisotopic (exact) mass is 795 g/mol. The van der Waals surface area contributed by atoms with Gasteiger partial charge in [-0.2, -0.15) is 0 Å². The van der Waals surface area contributed by atoms with Crippen molar-refractivity contribution in [1.82, 2.24) is 0 Å². The van der Waals surface area contributed by atoms with Crippen LogP contribution in [-0.4, -0.2) is 37.2 Å². The largest absolute Gasteiger partial charge is 0.462 e. The Balaban J connectivity index is 4.02. The van der Waals surface area contributed by atoms with Crippen LogP contribution in [0.25, 0.3) is 0 Å². The summed E-state index contributed by atoms with van der Waals surface area (Å²) in [5.74, 6) is -0.911. The van der Waals surface area contributed by atoms with Crippen molar-refractivity contribution in [2.75, 3.05) is 13.2 Å². The van der Waals surface area contributed by atoms with Gasteiger partial charge in [-0.25, -0.2) is 0 Å². The summed E-state index contributed by atoms with van der Waals surface area (Å²) in [6.07, 6.45) is 56.5. The summed E-state index contributed by atoms with van der Waals surface area (Å²) < 4.78 is 16.5. The van der Waals surface area contributed by atoms with Crippen LogP contribution in [0.5, 0.6) is 0 Å². The van der Waals surface area contributed by atoms with Crippen molar-refractivity contribution in [3.05, 3.63) is 72.9 Å². The molecule has 1 atom stereocenters. The molecule has 57 heavy (non-hydrogen) atoms. The van der Waals surface area contributed by atoms with Crippen molar-refractivity contribution in [2.45, 2.75) is 219 Å². The van der Waals surface area contributed by atoms with Crippen LogP contribution in [0, 0.1) is 0 Å². The topological polar surface area (TPSA) is 78.9 Å². The summed E-state index contributed by atoms with van der Waals surface area (Å²) in [6.45, 7) is 6.37. The van der Waals surface area contributed by atoms with Gasteiger partial charge in [-0.05, 0) is 70.6 Å². The zero-order chi connectivity index (χ0) is 41.5. The summed E-state index contributed by atoms with van der Waals surface area (Å²) in [7, 11) is 0. The van der Waals surface area contributed by atoms with Gasteiger partial charge in [0.25, 0.3) is 0 Å². The Morgan fingerprint density at radius 1 is 0.368 bits per heavy atom. The number of allylic oxidation sites excluding steroid dienone is 12. The number of hydrogen-bond acceptors (Lipinski definition) is 6. The second-order valence-electron chi connectivity index (χ2n) is 15.3. The van der Waals surface area contributed by atoms with Crippen LogP contribution >= 0.6 is 0 Å². The number of hydrogen-bond donors (Lipinski definition) is 0. The number of ether oxygens (including phenoxy) is 3. The Morgan fingerprint density at radius 2 is 0.684 bits per heavy atom. The molecule has 0 aliphatic carbocycles. The lowest BCUT2D eigenvalue weighted by molar-refractivity contribution is -0.167.